The number of rotatable bonds is 8. The molecule has 5 nitrogen and oxygen atoms in total. The van der Waals surface area contributed by atoms with Gasteiger partial charge in [-0.25, -0.2) is 4.98 Å². The van der Waals surface area contributed by atoms with E-state index in [0.717, 1.165) is 27.6 Å². The van der Waals surface area contributed by atoms with E-state index < -0.39 is 0 Å². The number of benzene rings is 1. The molecule has 7 heteroatoms. The Morgan fingerprint density at radius 3 is 2.68 bits per heavy atom. The first-order valence-corrected chi connectivity index (χ1v) is 10.8. The number of hydrogen-bond donors (Lipinski definition) is 2. The molecule has 0 unspecified atom stereocenters. The Balaban J connectivity index is 1.36. The number of aryl methyl sites for hydroxylation is 2. The number of nitrogens with zero attached hydrogens (tertiary/aromatic N) is 1. The highest BCUT2D eigenvalue weighted by molar-refractivity contribution is 7.16. The van der Waals surface area contributed by atoms with E-state index in [-0.39, 0.29) is 18.2 Å². The van der Waals surface area contributed by atoms with Crippen LogP contribution < -0.4 is 10.6 Å². The van der Waals surface area contributed by atoms with Crippen LogP contribution in [0.5, 0.6) is 0 Å². The summed E-state index contributed by atoms with van der Waals surface area (Å²) >= 11 is 3.35. The quantitative estimate of drug-likeness (QED) is 0.587. The second-order valence-corrected chi connectivity index (χ2v) is 8.72. The highest BCUT2D eigenvalue weighted by Gasteiger charge is 2.08. The first-order chi connectivity index (χ1) is 13.5. The normalized spacial score (nSPS) is 10.6. The van der Waals surface area contributed by atoms with Crippen molar-refractivity contribution in [3.8, 4) is 10.6 Å². The number of carbonyl (C=O) groups excluding carboxylic acids is 2. The lowest BCUT2D eigenvalue weighted by Gasteiger charge is -2.07. The van der Waals surface area contributed by atoms with Crippen molar-refractivity contribution in [1.29, 1.82) is 0 Å². The molecule has 0 aliphatic heterocycles. The van der Waals surface area contributed by atoms with E-state index in [1.54, 1.807) is 28.7 Å². The lowest BCUT2D eigenvalue weighted by molar-refractivity contribution is -0.120. The maximum Gasteiger partial charge on any atom is 0.251 e. The smallest absolute Gasteiger partial charge is 0.251 e. The van der Waals surface area contributed by atoms with E-state index in [0.29, 0.717) is 18.7 Å². The molecule has 146 valence electrons. The summed E-state index contributed by atoms with van der Waals surface area (Å²) in [6.45, 7) is 4.85. The maximum atomic E-state index is 12.1. The molecule has 1 aromatic carbocycles. The fourth-order valence-electron chi connectivity index (χ4n) is 2.72. The molecule has 0 saturated heterocycles. The summed E-state index contributed by atoms with van der Waals surface area (Å²) in [6.07, 6.45) is 1.06. The van der Waals surface area contributed by atoms with Crippen LogP contribution in [0.15, 0.2) is 41.8 Å². The zero-order valence-corrected chi connectivity index (χ0v) is 17.6. The Morgan fingerprint density at radius 1 is 1.07 bits per heavy atom. The van der Waals surface area contributed by atoms with Gasteiger partial charge in [0.05, 0.1) is 15.6 Å². The molecule has 0 spiro atoms. The maximum absolute atomic E-state index is 12.1. The Hall–Kier alpha value is -2.51. The first kappa shape index (κ1) is 20.2. The van der Waals surface area contributed by atoms with Crippen molar-refractivity contribution >= 4 is 34.5 Å². The third-order valence-electron chi connectivity index (χ3n) is 4.14. The molecule has 3 rings (SSSR count). The van der Waals surface area contributed by atoms with Gasteiger partial charge < -0.3 is 10.6 Å². The molecule has 2 N–H and O–H groups in total. The van der Waals surface area contributed by atoms with Crippen molar-refractivity contribution in [2.45, 2.75) is 26.7 Å². The Bertz CT molecular complexity index is 962. The minimum Gasteiger partial charge on any atom is -0.356 e. The zero-order chi connectivity index (χ0) is 19.9. The summed E-state index contributed by atoms with van der Waals surface area (Å²) in [5.74, 6) is -0.212. The molecular formula is C21H23N3O2S2. The molecule has 2 heterocycles. The third-order valence-corrected chi connectivity index (χ3v) is 6.09. The minimum absolute atomic E-state index is 0.0588. The van der Waals surface area contributed by atoms with Gasteiger partial charge in [-0.1, -0.05) is 17.7 Å². The van der Waals surface area contributed by atoms with Crippen LogP contribution in [-0.4, -0.2) is 29.9 Å². The van der Waals surface area contributed by atoms with Gasteiger partial charge in [0.2, 0.25) is 5.91 Å². The third kappa shape index (κ3) is 5.74. The predicted molar refractivity (Wildman–Crippen MR) is 115 cm³/mol. The van der Waals surface area contributed by atoms with E-state index in [2.05, 4.69) is 33.1 Å². The SMILES string of the molecule is Cc1cccc(C(=O)NCCC(=O)NCCc2ccc(-c3csc(C)n3)s2)c1. The molecule has 0 aliphatic rings. The number of thiophene rings is 1. The van der Waals surface area contributed by atoms with Gasteiger partial charge in [-0.2, -0.15) is 0 Å². The average Bonchev–Trinajstić information content (AvgIpc) is 3.30. The fraction of sp³-hybridized carbons (Fsp3) is 0.286. The molecule has 3 aromatic rings. The summed E-state index contributed by atoms with van der Waals surface area (Å²) in [4.78, 5) is 30.9. The minimum atomic E-state index is -0.153. The molecular weight excluding hydrogens is 390 g/mol. The van der Waals surface area contributed by atoms with Crippen molar-refractivity contribution in [2.75, 3.05) is 13.1 Å². The van der Waals surface area contributed by atoms with Gasteiger partial charge in [0.1, 0.15) is 0 Å². The largest absolute Gasteiger partial charge is 0.356 e. The molecule has 0 aliphatic carbocycles. The zero-order valence-electron chi connectivity index (χ0n) is 16.0. The van der Waals surface area contributed by atoms with E-state index in [9.17, 15) is 9.59 Å². The summed E-state index contributed by atoms with van der Waals surface area (Å²) < 4.78 is 0. The number of thiazole rings is 1. The summed E-state index contributed by atoms with van der Waals surface area (Å²) in [5, 5.41) is 8.82. The van der Waals surface area contributed by atoms with Crippen molar-refractivity contribution in [3.05, 3.63) is 62.8 Å². The average molecular weight is 414 g/mol. The molecule has 28 heavy (non-hydrogen) atoms. The van der Waals surface area contributed by atoms with Gasteiger partial charge in [0.25, 0.3) is 5.91 Å². The lowest BCUT2D eigenvalue weighted by atomic mass is 10.1. The van der Waals surface area contributed by atoms with Gasteiger partial charge >= 0.3 is 0 Å². The first-order valence-electron chi connectivity index (χ1n) is 9.14. The molecule has 0 fully saturated rings. The monoisotopic (exact) mass is 413 g/mol. The second-order valence-electron chi connectivity index (χ2n) is 6.49. The number of carbonyl (C=O) groups is 2. The van der Waals surface area contributed by atoms with Crippen molar-refractivity contribution in [1.82, 2.24) is 15.6 Å². The van der Waals surface area contributed by atoms with Crippen LogP contribution in [0.3, 0.4) is 0 Å². The number of aromatic nitrogens is 1. The van der Waals surface area contributed by atoms with Crippen LogP contribution >= 0.6 is 22.7 Å². The van der Waals surface area contributed by atoms with Crippen LogP contribution in [0.2, 0.25) is 0 Å². The van der Waals surface area contributed by atoms with E-state index >= 15 is 0 Å². The van der Waals surface area contributed by atoms with Crippen molar-refractivity contribution in [2.24, 2.45) is 0 Å². The van der Waals surface area contributed by atoms with Crippen LogP contribution in [0.1, 0.15) is 32.2 Å². The van der Waals surface area contributed by atoms with Crippen molar-refractivity contribution in [3.63, 3.8) is 0 Å². The van der Waals surface area contributed by atoms with Crippen LogP contribution in [0.25, 0.3) is 10.6 Å². The van der Waals surface area contributed by atoms with Gasteiger partial charge in [-0.05, 0) is 44.5 Å². The van der Waals surface area contributed by atoms with Crippen LogP contribution in [-0.2, 0) is 11.2 Å². The van der Waals surface area contributed by atoms with Gasteiger partial charge in [-0.3, -0.25) is 9.59 Å². The summed E-state index contributed by atoms with van der Waals surface area (Å²) in [5.41, 5.74) is 2.67. The Morgan fingerprint density at radius 2 is 1.93 bits per heavy atom. The number of amides is 2. The van der Waals surface area contributed by atoms with Gasteiger partial charge in [0.15, 0.2) is 0 Å². The van der Waals surface area contributed by atoms with Gasteiger partial charge in [-0.15, -0.1) is 22.7 Å². The van der Waals surface area contributed by atoms with Crippen LogP contribution in [0, 0.1) is 13.8 Å². The summed E-state index contributed by atoms with van der Waals surface area (Å²) in [7, 11) is 0. The van der Waals surface area contributed by atoms with Crippen molar-refractivity contribution < 1.29 is 9.59 Å². The Kier molecular flexibility index (Phi) is 6.95. The Labute approximate surface area is 172 Å². The molecule has 0 atom stereocenters. The number of hydrogen-bond acceptors (Lipinski definition) is 5. The molecule has 2 amide bonds. The van der Waals surface area contributed by atoms with E-state index in [1.165, 1.54) is 4.88 Å². The standard InChI is InChI=1S/C21H23N3O2S2/c1-14-4-3-5-16(12-14)21(26)23-11-9-20(25)22-10-8-17-6-7-19(28-17)18-13-27-15(2)24-18/h3-7,12-13H,8-11H2,1-2H3,(H,22,25)(H,23,26). The topological polar surface area (TPSA) is 71.1 Å². The molecule has 2 aromatic heterocycles. The highest BCUT2D eigenvalue weighted by atomic mass is 32.1. The molecule has 0 radical (unpaired) electrons. The molecule has 0 bridgehead atoms. The lowest BCUT2D eigenvalue weighted by Crippen LogP contribution is -2.31. The highest BCUT2D eigenvalue weighted by Crippen LogP contribution is 2.29. The van der Waals surface area contributed by atoms with Crippen LogP contribution in [0.4, 0.5) is 0 Å². The van der Waals surface area contributed by atoms with E-state index in [4.69, 9.17) is 0 Å². The predicted octanol–water partition coefficient (Wildman–Crippen LogP) is 3.97. The summed E-state index contributed by atoms with van der Waals surface area (Å²) in [6, 6.07) is 11.6. The second kappa shape index (κ2) is 9.61. The fourth-order valence-corrected chi connectivity index (χ4v) is 4.37. The van der Waals surface area contributed by atoms with Gasteiger partial charge in [0, 0.05) is 35.3 Å². The molecule has 0 saturated carbocycles. The van der Waals surface area contributed by atoms with E-state index in [1.807, 2.05) is 32.0 Å². The number of nitrogens with one attached hydrogen (secondary N) is 2.